The van der Waals surface area contributed by atoms with E-state index < -0.39 is 6.04 Å². The predicted molar refractivity (Wildman–Crippen MR) is 105 cm³/mol. The van der Waals surface area contributed by atoms with Gasteiger partial charge in [-0.1, -0.05) is 27.5 Å². The average molecular weight is 438 g/mol. The first kappa shape index (κ1) is 18.7. The van der Waals surface area contributed by atoms with Crippen LogP contribution in [0.15, 0.2) is 53.0 Å². The second-order valence-corrected chi connectivity index (χ2v) is 7.32. The van der Waals surface area contributed by atoms with E-state index in [4.69, 9.17) is 16.3 Å². The Bertz CT molecular complexity index is 795. The largest absolute Gasteiger partial charge is 0.484 e. The molecular formula is C19H18BrClN2O3. The van der Waals surface area contributed by atoms with Gasteiger partial charge >= 0.3 is 0 Å². The minimum atomic E-state index is -0.534. The molecule has 0 N–H and O–H groups in total. The number of halogens is 2. The molecular weight excluding hydrogens is 420 g/mol. The van der Waals surface area contributed by atoms with E-state index in [2.05, 4.69) is 15.9 Å². The Morgan fingerprint density at radius 3 is 2.46 bits per heavy atom. The zero-order valence-electron chi connectivity index (χ0n) is 14.2. The second kappa shape index (κ2) is 8.10. The van der Waals surface area contributed by atoms with Crippen molar-refractivity contribution in [2.24, 2.45) is 0 Å². The third-order valence-corrected chi connectivity index (χ3v) is 5.07. The van der Waals surface area contributed by atoms with Gasteiger partial charge in [-0.05, 0) is 55.5 Å². The summed E-state index contributed by atoms with van der Waals surface area (Å²) < 4.78 is 6.46. The molecule has 0 aromatic heterocycles. The van der Waals surface area contributed by atoms with Gasteiger partial charge in [-0.15, -0.1) is 0 Å². The van der Waals surface area contributed by atoms with Crippen molar-refractivity contribution in [3.8, 4) is 5.75 Å². The number of rotatable bonds is 4. The van der Waals surface area contributed by atoms with Crippen LogP contribution in [-0.2, 0) is 9.59 Å². The summed E-state index contributed by atoms with van der Waals surface area (Å²) >= 11 is 9.22. The Morgan fingerprint density at radius 1 is 1.15 bits per heavy atom. The fourth-order valence-corrected chi connectivity index (χ4v) is 3.24. The van der Waals surface area contributed by atoms with Gasteiger partial charge in [0.2, 0.25) is 5.91 Å². The van der Waals surface area contributed by atoms with Crippen molar-refractivity contribution in [2.75, 3.05) is 24.6 Å². The van der Waals surface area contributed by atoms with Crippen LogP contribution in [-0.4, -0.2) is 42.5 Å². The monoisotopic (exact) mass is 436 g/mol. The smallest absolute Gasteiger partial charge is 0.261 e. The Kier molecular flexibility index (Phi) is 5.84. The molecule has 7 heteroatoms. The lowest BCUT2D eigenvalue weighted by Gasteiger charge is -2.39. The third-order valence-electron chi connectivity index (χ3n) is 4.29. The van der Waals surface area contributed by atoms with Crippen molar-refractivity contribution >= 4 is 45.0 Å². The molecule has 1 atom stereocenters. The molecule has 1 saturated heterocycles. The van der Waals surface area contributed by atoms with Crippen LogP contribution in [0.2, 0.25) is 5.02 Å². The molecule has 1 aliphatic rings. The highest BCUT2D eigenvalue weighted by Crippen LogP contribution is 2.23. The van der Waals surface area contributed by atoms with E-state index >= 15 is 0 Å². The topological polar surface area (TPSA) is 49.9 Å². The standard InChI is InChI=1S/C19H18BrClN2O3/c1-13-19(25)23(16-6-2-14(20)3-7-16)11-10-22(13)18(24)12-26-17-8-4-15(21)5-9-17/h2-9,13H,10-12H2,1H3. The summed E-state index contributed by atoms with van der Waals surface area (Å²) in [5, 5.41) is 0.604. The highest BCUT2D eigenvalue weighted by atomic mass is 79.9. The first-order chi connectivity index (χ1) is 12.5. The van der Waals surface area contributed by atoms with Crippen molar-refractivity contribution in [3.05, 3.63) is 58.0 Å². The number of amides is 2. The van der Waals surface area contributed by atoms with E-state index in [-0.39, 0.29) is 18.4 Å². The number of nitrogens with zero attached hydrogens (tertiary/aromatic N) is 2. The highest BCUT2D eigenvalue weighted by Gasteiger charge is 2.35. The van der Waals surface area contributed by atoms with E-state index in [1.807, 2.05) is 24.3 Å². The van der Waals surface area contributed by atoms with Gasteiger partial charge in [-0.2, -0.15) is 0 Å². The summed E-state index contributed by atoms with van der Waals surface area (Å²) in [7, 11) is 0. The third kappa shape index (κ3) is 4.19. The van der Waals surface area contributed by atoms with Crippen LogP contribution in [0.4, 0.5) is 5.69 Å². The van der Waals surface area contributed by atoms with Crippen molar-refractivity contribution in [1.29, 1.82) is 0 Å². The summed E-state index contributed by atoms with van der Waals surface area (Å²) in [6.07, 6.45) is 0. The summed E-state index contributed by atoms with van der Waals surface area (Å²) in [5.41, 5.74) is 0.828. The van der Waals surface area contributed by atoms with E-state index in [0.29, 0.717) is 23.9 Å². The van der Waals surface area contributed by atoms with Crippen LogP contribution in [0.25, 0.3) is 0 Å². The van der Waals surface area contributed by atoms with Crippen molar-refractivity contribution < 1.29 is 14.3 Å². The van der Waals surface area contributed by atoms with Gasteiger partial charge in [0.25, 0.3) is 5.91 Å². The van der Waals surface area contributed by atoms with Gasteiger partial charge in [-0.3, -0.25) is 9.59 Å². The lowest BCUT2D eigenvalue weighted by molar-refractivity contribution is -0.142. The molecule has 0 saturated carbocycles. The van der Waals surface area contributed by atoms with Gasteiger partial charge in [0, 0.05) is 28.3 Å². The van der Waals surface area contributed by atoms with Gasteiger partial charge in [0.1, 0.15) is 11.8 Å². The maximum Gasteiger partial charge on any atom is 0.261 e. The maximum atomic E-state index is 12.7. The molecule has 2 amide bonds. The summed E-state index contributed by atoms with van der Waals surface area (Å²) in [5.74, 6) is 0.255. The Labute approximate surface area is 165 Å². The van der Waals surface area contributed by atoms with Crippen LogP contribution in [0, 0.1) is 0 Å². The Balaban J connectivity index is 1.61. The molecule has 1 aliphatic heterocycles. The van der Waals surface area contributed by atoms with Crippen LogP contribution < -0.4 is 9.64 Å². The van der Waals surface area contributed by atoms with E-state index in [1.165, 1.54) is 0 Å². The molecule has 0 bridgehead atoms. The number of piperazine rings is 1. The first-order valence-corrected chi connectivity index (χ1v) is 9.37. The normalized spacial score (nSPS) is 17.3. The lowest BCUT2D eigenvalue weighted by atomic mass is 10.1. The zero-order valence-corrected chi connectivity index (χ0v) is 16.5. The highest BCUT2D eigenvalue weighted by molar-refractivity contribution is 9.10. The molecule has 0 radical (unpaired) electrons. The number of anilines is 1. The van der Waals surface area contributed by atoms with Crippen LogP contribution >= 0.6 is 27.5 Å². The molecule has 136 valence electrons. The number of carbonyl (C=O) groups excluding carboxylic acids is 2. The molecule has 5 nitrogen and oxygen atoms in total. The fraction of sp³-hybridized carbons (Fsp3) is 0.263. The molecule has 3 rings (SSSR count). The quantitative estimate of drug-likeness (QED) is 0.732. The average Bonchev–Trinajstić information content (AvgIpc) is 2.64. The zero-order chi connectivity index (χ0) is 18.7. The molecule has 1 unspecified atom stereocenters. The molecule has 26 heavy (non-hydrogen) atoms. The number of ether oxygens (including phenoxy) is 1. The number of hydrogen-bond acceptors (Lipinski definition) is 3. The van der Waals surface area contributed by atoms with E-state index in [9.17, 15) is 9.59 Å². The van der Waals surface area contributed by atoms with Crippen molar-refractivity contribution in [1.82, 2.24) is 4.90 Å². The Hall–Kier alpha value is -2.05. The molecule has 0 spiro atoms. The summed E-state index contributed by atoms with van der Waals surface area (Å²) in [6, 6.07) is 13.8. The van der Waals surface area contributed by atoms with Crippen LogP contribution in [0.1, 0.15) is 6.92 Å². The summed E-state index contributed by atoms with van der Waals surface area (Å²) in [4.78, 5) is 28.5. The van der Waals surface area contributed by atoms with Gasteiger partial charge < -0.3 is 14.5 Å². The molecule has 2 aromatic rings. The van der Waals surface area contributed by atoms with Gasteiger partial charge in [0.05, 0.1) is 0 Å². The van der Waals surface area contributed by atoms with Crippen molar-refractivity contribution in [3.63, 3.8) is 0 Å². The predicted octanol–water partition coefficient (Wildman–Crippen LogP) is 3.75. The first-order valence-electron chi connectivity index (χ1n) is 8.20. The number of benzene rings is 2. The van der Waals surface area contributed by atoms with E-state index in [0.717, 1.165) is 10.2 Å². The summed E-state index contributed by atoms with van der Waals surface area (Å²) in [6.45, 7) is 2.55. The molecule has 1 fully saturated rings. The minimum absolute atomic E-state index is 0.0987. The molecule has 0 aliphatic carbocycles. The minimum Gasteiger partial charge on any atom is -0.484 e. The molecule has 1 heterocycles. The fourth-order valence-electron chi connectivity index (χ4n) is 2.85. The Morgan fingerprint density at radius 2 is 1.81 bits per heavy atom. The maximum absolute atomic E-state index is 12.7. The number of hydrogen-bond donors (Lipinski definition) is 0. The van der Waals surface area contributed by atoms with Gasteiger partial charge in [-0.25, -0.2) is 0 Å². The van der Waals surface area contributed by atoms with Crippen LogP contribution in [0.3, 0.4) is 0 Å². The van der Waals surface area contributed by atoms with Gasteiger partial charge in [0.15, 0.2) is 6.61 Å². The molecule has 2 aromatic carbocycles. The second-order valence-electron chi connectivity index (χ2n) is 5.97. The lowest BCUT2D eigenvalue weighted by Crippen LogP contribution is -2.58. The van der Waals surface area contributed by atoms with Crippen LogP contribution in [0.5, 0.6) is 5.75 Å². The number of carbonyl (C=O) groups is 2. The SMILES string of the molecule is CC1C(=O)N(c2ccc(Br)cc2)CCN1C(=O)COc1ccc(Cl)cc1. The van der Waals surface area contributed by atoms with E-state index in [1.54, 1.807) is 41.0 Å². The van der Waals surface area contributed by atoms with Crippen molar-refractivity contribution in [2.45, 2.75) is 13.0 Å².